The van der Waals surface area contributed by atoms with Gasteiger partial charge in [0, 0.05) is 46.0 Å². The van der Waals surface area contributed by atoms with E-state index in [-0.39, 0.29) is 17.9 Å². The molecule has 0 bridgehead atoms. The van der Waals surface area contributed by atoms with Crippen LogP contribution in [0, 0.1) is 11.8 Å². The molecule has 0 aromatic rings. The zero-order valence-electron chi connectivity index (χ0n) is 12.3. The first-order valence-electron chi connectivity index (χ1n) is 7.93. The fraction of sp³-hybridized carbons (Fsp3) is 0.933. The molecule has 0 saturated carbocycles. The molecular weight excluding hydrogens is 256 g/mol. The molecule has 114 valence electrons. The number of hydrogen-bond donors (Lipinski definition) is 1. The van der Waals surface area contributed by atoms with Crippen LogP contribution >= 0.6 is 0 Å². The lowest BCUT2D eigenvalue weighted by Crippen LogP contribution is -2.54. The third kappa shape index (κ3) is 3.00. The van der Waals surface area contributed by atoms with Gasteiger partial charge in [-0.1, -0.05) is 0 Å². The molecule has 0 unspecified atom stereocenters. The number of carbonyl (C=O) groups excluding carboxylic acids is 1. The van der Waals surface area contributed by atoms with Crippen LogP contribution < -0.4 is 5.32 Å². The molecule has 3 rings (SSSR count). The van der Waals surface area contributed by atoms with Crippen molar-refractivity contribution in [2.24, 2.45) is 11.8 Å². The van der Waals surface area contributed by atoms with E-state index in [2.05, 4.69) is 10.2 Å². The number of carbonyl (C=O) groups is 1. The predicted octanol–water partition coefficient (Wildman–Crippen LogP) is 0.638. The number of nitrogens with one attached hydrogen (secondary N) is 1. The van der Waals surface area contributed by atoms with Crippen molar-refractivity contribution in [2.75, 3.05) is 40.0 Å². The summed E-state index contributed by atoms with van der Waals surface area (Å²) in [6, 6.07) is 0.527. The minimum absolute atomic E-state index is 0.0826. The van der Waals surface area contributed by atoms with E-state index in [1.165, 1.54) is 0 Å². The van der Waals surface area contributed by atoms with Gasteiger partial charge in [0.05, 0.1) is 12.0 Å². The monoisotopic (exact) mass is 282 g/mol. The van der Waals surface area contributed by atoms with E-state index in [4.69, 9.17) is 9.47 Å². The lowest BCUT2D eigenvalue weighted by atomic mass is 9.87. The molecule has 1 amide bonds. The minimum Gasteiger partial charge on any atom is -0.381 e. The molecule has 3 fully saturated rings. The second kappa shape index (κ2) is 6.41. The molecule has 0 aromatic heterocycles. The molecule has 20 heavy (non-hydrogen) atoms. The number of hydrogen-bond acceptors (Lipinski definition) is 4. The van der Waals surface area contributed by atoms with Gasteiger partial charge in [-0.15, -0.1) is 0 Å². The van der Waals surface area contributed by atoms with Crippen LogP contribution in [0.15, 0.2) is 0 Å². The smallest absolute Gasteiger partial charge is 0.224 e. The summed E-state index contributed by atoms with van der Waals surface area (Å²) in [5.74, 6) is 0.962. The summed E-state index contributed by atoms with van der Waals surface area (Å²) in [5.41, 5.74) is 0. The maximum Gasteiger partial charge on any atom is 0.224 e. The Kier molecular flexibility index (Phi) is 4.58. The van der Waals surface area contributed by atoms with E-state index >= 15 is 0 Å². The Morgan fingerprint density at radius 1 is 1.25 bits per heavy atom. The van der Waals surface area contributed by atoms with Crippen LogP contribution in [0.3, 0.4) is 0 Å². The fourth-order valence-corrected chi connectivity index (χ4v) is 3.92. The summed E-state index contributed by atoms with van der Waals surface area (Å²) >= 11 is 0. The lowest BCUT2D eigenvalue weighted by molar-refractivity contribution is -0.129. The minimum atomic E-state index is 0.0826. The molecule has 0 radical (unpaired) electrons. The van der Waals surface area contributed by atoms with Crippen LogP contribution in [0.5, 0.6) is 0 Å². The van der Waals surface area contributed by atoms with Crippen LogP contribution in [0.2, 0.25) is 0 Å². The number of piperidine rings is 1. The highest BCUT2D eigenvalue weighted by molar-refractivity contribution is 5.78. The van der Waals surface area contributed by atoms with E-state index < -0.39 is 0 Å². The quantitative estimate of drug-likeness (QED) is 0.825. The van der Waals surface area contributed by atoms with Gasteiger partial charge in [0.15, 0.2) is 0 Å². The Morgan fingerprint density at radius 2 is 2.05 bits per heavy atom. The van der Waals surface area contributed by atoms with Crippen LogP contribution in [-0.2, 0) is 14.3 Å². The van der Waals surface area contributed by atoms with Crippen molar-refractivity contribution in [3.63, 3.8) is 0 Å². The van der Waals surface area contributed by atoms with Crippen molar-refractivity contribution >= 4 is 5.91 Å². The molecule has 0 aliphatic carbocycles. The Balaban J connectivity index is 1.64. The molecular formula is C15H26N2O3. The van der Waals surface area contributed by atoms with Crippen LogP contribution in [0.4, 0.5) is 0 Å². The van der Waals surface area contributed by atoms with Gasteiger partial charge >= 0.3 is 0 Å². The van der Waals surface area contributed by atoms with E-state index in [0.29, 0.717) is 12.0 Å². The molecule has 3 atom stereocenters. The van der Waals surface area contributed by atoms with Gasteiger partial charge < -0.3 is 14.8 Å². The topological polar surface area (TPSA) is 50.8 Å². The number of nitrogens with zero attached hydrogens (tertiary/aromatic N) is 1. The molecule has 0 aromatic carbocycles. The Labute approximate surface area is 121 Å². The largest absolute Gasteiger partial charge is 0.381 e. The summed E-state index contributed by atoms with van der Waals surface area (Å²) < 4.78 is 11.3. The van der Waals surface area contributed by atoms with Gasteiger partial charge in [0.1, 0.15) is 0 Å². The van der Waals surface area contributed by atoms with Crippen molar-refractivity contribution < 1.29 is 14.3 Å². The average Bonchev–Trinajstić information content (AvgIpc) is 2.96. The molecule has 3 aliphatic heterocycles. The Morgan fingerprint density at radius 3 is 2.80 bits per heavy atom. The maximum atomic E-state index is 12.0. The number of rotatable bonds is 3. The zero-order valence-corrected chi connectivity index (χ0v) is 12.3. The zero-order chi connectivity index (χ0) is 13.9. The lowest BCUT2D eigenvalue weighted by Gasteiger charge is -2.42. The highest BCUT2D eigenvalue weighted by atomic mass is 16.5. The van der Waals surface area contributed by atoms with Crippen molar-refractivity contribution in [2.45, 2.75) is 37.8 Å². The molecule has 5 nitrogen and oxygen atoms in total. The Bertz CT molecular complexity index is 344. The van der Waals surface area contributed by atoms with Crippen LogP contribution in [-0.4, -0.2) is 62.9 Å². The first kappa shape index (κ1) is 14.3. The SMILES string of the molecule is CNC(=O)[C@H]1C[C@H]2OCC[C@H]2N(CC2CCOCC2)C1. The van der Waals surface area contributed by atoms with Gasteiger partial charge in [0.2, 0.25) is 5.91 Å². The number of likely N-dealkylation sites (tertiary alicyclic amines) is 1. The number of fused-ring (bicyclic) bond motifs is 1. The van der Waals surface area contributed by atoms with Gasteiger partial charge in [-0.2, -0.15) is 0 Å². The molecule has 3 saturated heterocycles. The van der Waals surface area contributed by atoms with Gasteiger partial charge in [-0.05, 0) is 31.6 Å². The second-order valence-electron chi connectivity index (χ2n) is 6.32. The van der Waals surface area contributed by atoms with Crippen molar-refractivity contribution in [1.82, 2.24) is 10.2 Å². The maximum absolute atomic E-state index is 12.0. The molecule has 0 spiro atoms. The molecule has 3 heterocycles. The number of ether oxygens (including phenoxy) is 2. The number of amides is 1. The van der Waals surface area contributed by atoms with Gasteiger partial charge in [0.25, 0.3) is 0 Å². The summed E-state index contributed by atoms with van der Waals surface area (Å²) in [4.78, 5) is 14.5. The normalized spacial score (nSPS) is 35.8. The molecule has 1 N–H and O–H groups in total. The van der Waals surface area contributed by atoms with Crippen molar-refractivity contribution in [1.29, 1.82) is 0 Å². The third-order valence-electron chi connectivity index (χ3n) is 5.07. The summed E-state index contributed by atoms with van der Waals surface area (Å²) in [5, 5.41) is 2.80. The standard InChI is InChI=1S/C15H26N2O3/c1-16-15(18)12-8-14-13(4-7-20-14)17(10-12)9-11-2-5-19-6-3-11/h11-14H,2-10H2,1H3,(H,16,18)/t12-,13+,14+/m0/s1. The third-order valence-corrected chi connectivity index (χ3v) is 5.07. The Hall–Kier alpha value is -0.650. The van der Waals surface area contributed by atoms with E-state index in [9.17, 15) is 4.79 Å². The first-order chi connectivity index (χ1) is 9.78. The fourth-order valence-electron chi connectivity index (χ4n) is 3.92. The van der Waals surface area contributed by atoms with E-state index in [1.54, 1.807) is 7.05 Å². The summed E-state index contributed by atoms with van der Waals surface area (Å²) in [7, 11) is 1.73. The van der Waals surface area contributed by atoms with Gasteiger partial charge in [-0.3, -0.25) is 9.69 Å². The first-order valence-corrected chi connectivity index (χ1v) is 7.93. The highest BCUT2D eigenvalue weighted by Crippen LogP contribution is 2.32. The van der Waals surface area contributed by atoms with Crippen LogP contribution in [0.25, 0.3) is 0 Å². The second-order valence-corrected chi connectivity index (χ2v) is 6.32. The van der Waals surface area contributed by atoms with Gasteiger partial charge in [-0.25, -0.2) is 0 Å². The average molecular weight is 282 g/mol. The van der Waals surface area contributed by atoms with Crippen molar-refractivity contribution in [3.8, 4) is 0 Å². The predicted molar refractivity (Wildman–Crippen MR) is 75.4 cm³/mol. The van der Waals surface area contributed by atoms with Crippen LogP contribution in [0.1, 0.15) is 25.7 Å². The van der Waals surface area contributed by atoms with Crippen molar-refractivity contribution in [3.05, 3.63) is 0 Å². The summed E-state index contributed by atoms with van der Waals surface area (Å²) in [6.07, 6.45) is 4.56. The molecule has 5 heteroatoms. The van der Waals surface area contributed by atoms with E-state index in [0.717, 1.165) is 58.6 Å². The summed E-state index contributed by atoms with van der Waals surface area (Å²) in [6.45, 7) is 4.62. The molecule has 3 aliphatic rings. The highest BCUT2D eigenvalue weighted by Gasteiger charge is 2.42. The van der Waals surface area contributed by atoms with E-state index in [1.807, 2.05) is 0 Å².